The number of carbonyl (C=O) groups is 1. The van der Waals surface area contributed by atoms with E-state index in [-0.39, 0.29) is 18.3 Å². The van der Waals surface area contributed by atoms with E-state index in [9.17, 15) is 9.18 Å². The zero-order chi connectivity index (χ0) is 26.8. The molecule has 2 heterocycles. The molecule has 1 atom stereocenters. The fourth-order valence-corrected chi connectivity index (χ4v) is 4.58. The zero-order valence-electron chi connectivity index (χ0n) is 21.6. The molecular formula is C29H28FN5O3. The molecule has 4 aromatic rings. The van der Waals surface area contributed by atoms with Crippen LogP contribution in [0.2, 0.25) is 0 Å². The lowest BCUT2D eigenvalue weighted by molar-refractivity contribution is -0.113. The summed E-state index contributed by atoms with van der Waals surface area (Å²) in [5.74, 6) is 0.831. The van der Waals surface area contributed by atoms with E-state index in [4.69, 9.17) is 9.47 Å². The topological polar surface area (TPSA) is 90.3 Å². The second kappa shape index (κ2) is 10.4. The standard InChI is InChI=1S/C29H28FN5O3/c1-17-9-11-23(18(2)13-17)34-28(36)26-19(3)33-29-31-16-32-35(29)27(26)20-10-12-24(25(14-20)37-4)38-15-21-7-5-6-8-22(21)30/h5-14,16,27H,15H2,1-4H3,(H,34,36)(H,31,32,33)/t27-/m0/s1. The number of benzene rings is 3. The van der Waals surface area contributed by atoms with Crippen molar-refractivity contribution >= 4 is 17.5 Å². The highest BCUT2D eigenvalue weighted by molar-refractivity contribution is 6.06. The molecule has 3 aromatic carbocycles. The van der Waals surface area contributed by atoms with Gasteiger partial charge in [0.2, 0.25) is 5.95 Å². The van der Waals surface area contributed by atoms with Gasteiger partial charge in [0.05, 0.1) is 12.7 Å². The highest BCUT2D eigenvalue weighted by Gasteiger charge is 2.34. The van der Waals surface area contributed by atoms with E-state index in [0.717, 1.165) is 22.4 Å². The number of aryl methyl sites for hydroxylation is 2. The van der Waals surface area contributed by atoms with Gasteiger partial charge in [0.25, 0.3) is 5.91 Å². The Kier molecular flexibility index (Phi) is 6.83. The molecule has 1 aliphatic rings. The van der Waals surface area contributed by atoms with E-state index in [1.165, 1.54) is 19.5 Å². The Morgan fingerprint density at radius 2 is 1.89 bits per heavy atom. The lowest BCUT2D eigenvalue weighted by Crippen LogP contribution is -2.31. The Morgan fingerprint density at radius 1 is 1.08 bits per heavy atom. The van der Waals surface area contributed by atoms with Gasteiger partial charge >= 0.3 is 0 Å². The van der Waals surface area contributed by atoms with Crippen molar-refractivity contribution in [1.29, 1.82) is 0 Å². The number of carbonyl (C=O) groups excluding carboxylic acids is 1. The molecule has 1 aromatic heterocycles. The fraction of sp³-hybridized carbons (Fsp3) is 0.207. The van der Waals surface area contributed by atoms with Crippen LogP contribution in [-0.4, -0.2) is 27.8 Å². The first-order valence-corrected chi connectivity index (χ1v) is 12.2. The summed E-state index contributed by atoms with van der Waals surface area (Å²) in [5, 5.41) is 10.6. The quantitative estimate of drug-likeness (QED) is 0.337. The molecule has 1 amide bonds. The largest absolute Gasteiger partial charge is 0.493 e. The first-order chi connectivity index (χ1) is 18.4. The van der Waals surface area contributed by atoms with Crippen LogP contribution in [-0.2, 0) is 11.4 Å². The minimum atomic E-state index is -0.575. The number of nitrogens with zero attached hydrogens (tertiary/aromatic N) is 3. The van der Waals surface area contributed by atoms with E-state index < -0.39 is 6.04 Å². The predicted octanol–water partition coefficient (Wildman–Crippen LogP) is 5.55. The first-order valence-electron chi connectivity index (χ1n) is 12.2. The Labute approximate surface area is 220 Å². The maximum atomic E-state index is 14.1. The van der Waals surface area contributed by atoms with Crippen LogP contribution >= 0.6 is 0 Å². The third-order valence-corrected chi connectivity index (χ3v) is 6.51. The third-order valence-electron chi connectivity index (χ3n) is 6.51. The number of halogens is 1. The van der Waals surface area contributed by atoms with Crippen LogP contribution in [0.25, 0.3) is 0 Å². The van der Waals surface area contributed by atoms with Gasteiger partial charge in [-0.25, -0.2) is 9.07 Å². The second-order valence-corrected chi connectivity index (χ2v) is 9.16. The van der Waals surface area contributed by atoms with Crippen molar-refractivity contribution < 1.29 is 18.7 Å². The summed E-state index contributed by atoms with van der Waals surface area (Å²) in [7, 11) is 1.53. The summed E-state index contributed by atoms with van der Waals surface area (Å²) in [6.07, 6.45) is 1.44. The summed E-state index contributed by atoms with van der Waals surface area (Å²) in [4.78, 5) is 18.0. The number of rotatable bonds is 7. The van der Waals surface area contributed by atoms with E-state index >= 15 is 0 Å². The minimum absolute atomic E-state index is 0.0471. The number of hydrogen-bond donors (Lipinski definition) is 2. The summed E-state index contributed by atoms with van der Waals surface area (Å²) >= 11 is 0. The Balaban J connectivity index is 1.48. The Bertz CT molecular complexity index is 1540. The predicted molar refractivity (Wildman–Crippen MR) is 143 cm³/mol. The number of methoxy groups -OCH3 is 1. The molecule has 1 aliphatic heterocycles. The lowest BCUT2D eigenvalue weighted by atomic mass is 9.94. The summed E-state index contributed by atoms with van der Waals surface area (Å²) in [6.45, 7) is 5.85. The van der Waals surface area contributed by atoms with Crippen molar-refractivity contribution in [2.24, 2.45) is 0 Å². The lowest BCUT2D eigenvalue weighted by Gasteiger charge is -2.29. The molecule has 2 N–H and O–H groups in total. The number of fused-ring (bicyclic) bond motifs is 1. The minimum Gasteiger partial charge on any atom is -0.493 e. The molecule has 194 valence electrons. The van der Waals surface area contributed by atoms with Crippen LogP contribution in [0, 0.1) is 19.7 Å². The van der Waals surface area contributed by atoms with Gasteiger partial charge < -0.3 is 20.1 Å². The van der Waals surface area contributed by atoms with Gasteiger partial charge in [-0.1, -0.05) is 42.0 Å². The molecule has 5 rings (SSSR count). The first kappa shape index (κ1) is 25.0. The SMILES string of the molecule is COc1cc([C@H]2C(C(=O)Nc3ccc(C)cc3C)=C(C)Nc3ncnn32)ccc1OCc1ccccc1F. The average Bonchev–Trinajstić information content (AvgIpc) is 3.37. The van der Waals surface area contributed by atoms with E-state index in [2.05, 4.69) is 20.7 Å². The van der Waals surface area contributed by atoms with E-state index in [1.54, 1.807) is 35.0 Å². The van der Waals surface area contributed by atoms with Crippen LogP contribution in [0.1, 0.15) is 35.2 Å². The summed E-state index contributed by atoms with van der Waals surface area (Å²) in [6, 6.07) is 17.2. The highest BCUT2D eigenvalue weighted by atomic mass is 19.1. The third kappa shape index (κ3) is 4.82. The number of nitrogens with one attached hydrogen (secondary N) is 2. The van der Waals surface area contributed by atoms with Crippen molar-refractivity contribution in [2.45, 2.75) is 33.4 Å². The molecule has 38 heavy (non-hydrogen) atoms. The number of aromatic nitrogens is 3. The normalized spacial score (nSPS) is 14.5. The van der Waals surface area contributed by atoms with Crippen molar-refractivity contribution in [3.05, 3.63) is 106 Å². The van der Waals surface area contributed by atoms with Crippen LogP contribution in [0.4, 0.5) is 16.0 Å². The van der Waals surface area contributed by atoms with Gasteiger partial charge in [0.1, 0.15) is 24.8 Å². The van der Waals surface area contributed by atoms with Crippen molar-refractivity contribution in [1.82, 2.24) is 14.8 Å². The highest BCUT2D eigenvalue weighted by Crippen LogP contribution is 2.39. The molecule has 8 nitrogen and oxygen atoms in total. The van der Waals surface area contributed by atoms with Crippen LogP contribution in [0.3, 0.4) is 0 Å². The summed E-state index contributed by atoms with van der Waals surface area (Å²) < 4.78 is 27.2. The molecule has 0 saturated carbocycles. The van der Waals surface area contributed by atoms with Crippen molar-refractivity contribution in [3.63, 3.8) is 0 Å². The molecule has 0 radical (unpaired) electrons. The fourth-order valence-electron chi connectivity index (χ4n) is 4.58. The molecule has 0 unspecified atom stereocenters. The van der Waals surface area contributed by atoms with Gasteiger partial charge in [0, 0.05) is 16.9 Å². The van der Waals surface area contributed by atoms with Gasteiger partial charge in [-0.05, 0) is 56.2 Å². The smallest absolute Gasteiger partial charge is 0.255 e. The Hall–Kier alpha value is -4.66. The maximum Gasteiger partial charge on any atom is 0.255 e. The zero-order valence-corrected chi connectivity index (χ0v) is 21.6. The van der Waals surface area contributed by atoms with Gasteiger partial charge in [-0.3, -0.25) is 4.79 Å². The van der Waals surface area contributed by atoms with Gasteiger partial charge in [-0.15, -0.1) is 0 Å². The number of hydrogen-bond acceptors (Lipinski definition) is 6. The molecular weight excluding hydrogens is 485 g/mol. The molecule has 0 spiro atoms. The Morgan fingerprint density at radius 3 is 2.66 bits per heavy atom. The van der Waals surface area contributed by atoms with Gasteiger partial charge in [0.15, 0.2) is 11.5 Å². The summed E-state index contributed by atoms with van der Waals surface area (Å²) in [5.41, 5.74) is 5.16. The number of anilines is 2. The van der Waals surface area contributed by atoms with Crippen molar-refractivity contribution in [2.75, 3.05) is 17.7 Å². The molecule has 0 bridgehead atoms. The van der Waals surface area contributed by atoms with E-state index in [1.807, 2.05) is 45.0 Å². The van der Waals surface area contributed by atoms with Gasteiger partial charge in [-0.2, -0.15) is 10.1 Å². The van der Waals surface area contributed by atoms with Crippen LogP contribution in [0.5, 0.6) is 11.5 Å². The molecule has 0 saturated heterocycles. The van der Waals surface area contributed by atoms with Crippen LogP contribution < -0.4 is 20.1 Å². The average molecular weight is 514 g/mol. The molecule has 9 heteroatoms. The van der Waals surface area contributed by atoms with Crippen molar-refractivity contribution in [3.8, 4) is 11.5 Å². The monoisotopic (exact) mass is 513 g/mol. The van der Waals surface area contributed by atoms with Crippen LogP contribution in [0.15, 0.2) is 78.3 Å². The second-order valence-electron chi connectivity index (χ2n) is 9.16. The number of allylic oxidation sites excluding steroid dienone is 1. The molecule has 0 fully saturated rings. The number of amides is 1. The molecule has 0 aliphatic carbocycles. The maximum absolute atomic E-state index is 14.1. The number of ether oxygens (including phenoxy) is 2. The van der Waals surface area contributed by atoms with E-state index in [0.29, 0.717) is 34.3 Å².